The van der Waals surface area contributed by atoms with Crippen LogP contribution >= 0.6 is 0 Å². The Morgan fingerprint density at radius 2 is 2.22 bits per heavy atom. The lowest BCUT2D eigenvalue weighted by Crippen LogP contribution is -2.25. The van der Waals surface area contributed by atoms with Crippen molar-refractivity contribution in [3.63, 3.8) is 0 Å². The first kappa shape index (κ1) is 17.1. The van der Waals surface area contributed by atoms with Gasteiger partial charge in [0, 0.05) is 48.2 Å². The van der Waals surface area contributed by atoms with E-state index >= 15 is 0 Å². The number of azide groups is 1. The van der Waals surface area contributed by atoms with Gasteiger partial charge in [0.15, 0.2) is 0 Å². The number of hydrogen-bond acceptors (Lipinski definition) is 4. The molecule has 3 heterocycles. The van der Waals surface area contributed by atoms with E-state index in [4.69, 9.17) is 10.8 Å². The first-order valence-corrected chi connectivity index (χ1v) is 8.93. The number of aromatic nitrogens is 2. The van der Waals surface area contributed by atoms with E-state index in [2.05, 4.69) is 37.0 Å². The highest BCUT2D eigenvalue weighted by atomic mass is 15.2. The van der Waals surface area contributed by atoms with Gasteiger partial charge >= 0.3 is 0 Å². The summed E-state index contributed by atoms with van der Waals surface area (Å²) in [5.74, 6) is 0. The van der Waals surface area contributed by atoms with Gasteiger partial charge in [0.25, 0.3) is 0 Å². The Labute approximate surface area is 156 Å². The fourth-order valence-corrected chi connectivity index (χ4v) is 3.77. The minimum Gasteiger partial charge on any atom is -0.329 e. The second-order valence-corrected chi connectivity index (χ2v) is 6.80. The zero-order chi connectivity index (χ0) is 18.8. The summed E-state index contributed by atoms with van der Waals surface area (Å²) in [5.41, 5.74) is 15.2. The third kappa shape index (κ3) is 3.13. The third-order valence-electron chi connectivity index (χ3n) is 5.07. The molecule has 0 radical (unpaired) electrons. The fourth-order valence-electron chi connectivity index (χ4n) is 3.77. The van der Waals surface area contributed by atoms with Crippen molar-refractivity contribution in [1.29, 1.82) is 5.26 Å². The third-order valence-corrected chi connectivity index (χ3v) is 5.07. The van der Waals surface area contributed by atoms with Crippen LogP contribution in [0.25, 0.3) is 21.5 Å². The number of benzene rings is 1. The fraction of sp³-hybridized carbons (Fsp3) is 0.300. The van der Waals surface area contributed by atoms with Crippen molar-refractivity contribution in [3.8, 4) is 6.07 Å². The van der Waals surface area contributed by atoms with Crippen LogP contribution in [0.1, 0.15) is 34.0 Å². The molecule has 1 aliphatic heterocycles. The zero-order valence-corrected chi connectivity index (χ0v) is 15.1. The number of hydrogen-bond donors (Lipinski definition) is 1. The molecule has 0 saturated carbocycles. The van der Waals surface area contributed by atoms with Gasteiger partial charge < -0.3 is 9.88 Å². The van der Waals surface area contributed by atoms with Crippen LogP contribution in [0.4, 0.5) is 0 Å². The molecule has 1 aromatic carbocycles. The Morgan fingerprint density at radius 1 is 1.41 bits per heavy atom. The normalized spacial score (nSPS) is 14.2. The minimum absolute atomic E-state index is 0.361. The topological polar surface area (TPSA) is 102 Å². The number of pyridine rings is 1. The van der Waals surface area contributed by atoms with Gasteiger partial charge in [-0.05, 0) is 47.3 Å². The Balaban J connectivity index is 1.80. The summed E-state index contributed by atoms with van der Waals surface area (Å²) >= 11 is 0. The maximum Gasteiger partial charge on any atom is 0.140 e. The lowest BCUT2D eigenvalue weighted by Gasteiger charge is -2.19. The highest BCUT2D eigenvalue weighted by Gasteiger charge is 2.23. The van der Waals surface area contributed by atoms with Crippen LogP contribution in [0, 0.1) is 18.3 Å². The Bertz CT molecular complexity index is 1080. The van der Waals surface area contributed by atoms with E-state index in [1.807, 2.05) is 25.3 Å². The number of fused-ring (bicyclic) bond motifs is 3. The first-order valence-electron chi connectivity index (χ1n) is 8.93. The van der Waals surface area contributed by atoms with Gasteiger partial charge in [0.2, 0.25) is 0 Å². The summed E-state index contributed by atoms with van der Waals surface area (Å²) < 4.78 is 2.20. The molecule has 0 fully saturated rings. The molecule has 0 spiro atoms. The van der Waals surface area contributed by atoms with Crippen molar-refractivity contribution in [2.75, 3.05) is 6.54 Å². The number of nitriles is 1. The summed E-state index contributed by atoms with van der Waals surface area (Å²) in [4.78, 5) is 7.73. The summed E-state index contributed by atoms with van der Waals surface area (Å²) in [6.45, 7) is 4.32. The monoisotopic (exact) mass is 357 g/mol. The molecule has 2 aromatic heterocycles. The molecule has 134 valence electrons. The lowest BCUT2D eigenvalue weighted by atomic mass is 10.0. The Morgan fingerprint density at radius 3 is 2.96 bits per heavy atom. The van der Waals surface area contributed by atoms with E-state index in [0.29, 0.717) is 12.1 Å². The largest absolute Gasteiger partial charge is 0.329 e. The van der Waals surface area contributed by atoms with Crippen molar-refractivity contribution < 1.29 is 0 Å². The average molecular weight is 357 g/mol. The van der Waals surface area contributed by atoms with Crippen molar-refractivity contribution in [3.05, 3.63) is 74.9 Å². The minimum atomic E-state index is -0.361. The van der Waals surface area contributed by atoms with Gasteiger partial charge in [-0.3, -0.25) is 0 Å². The van der Waals surface area contributed by atoms with Crippen molar-refractivity contribution in [2.45, 2.75) is 32.5 Å². The molecule has 1 N–H and O–H groups in total. The maximum atomic E-state index is 9.09. The van der Waals surface area contributed by atoms with Crippen LogP contribution in [0.15, 0.2) is 41.6 Å². The van der Waals surface area contributed by atoms with Crippen LogP contribution in [0.2, 0.25) is 0 Å². The highest BCUT2D eigenvalue weighted by Crippen LogP contribution is 2.31. The molecule has 0 amide bonds. The molecule has 7 nitrogen and oxygen atoms in total. The smallest absolute Gasteiger partial charge is 0.140 e. The lowest BCUT2D eigenvalue weighted by molar-refractivity contribution is 0.542. The van der Waals surface area contributed by atoms with Crippen LogP contribution in [-0.4, -0.2) is 16.1 Å². The quantitative estimate of drug-likeness (QED) is 0.435. The van der Waals surface area contributed by atoms with Crippen LogP contribution < -0.4 is 5.32 Å². The number of nitrogens with zero attached hydrogens (tertiary/aromatic N) is 6. The molecule has 3 aromatic rings. The molecule has 1 aliphatic rings. The van der Waals surface area contributed by atoms with Crippen molar-refractivity contribution >= 4 is 11.0 Å². The van der Waals surface area contributed by atoms with E-state index in [9.17, 15) is 0 Å². The standard InChI is InChI=1S/C20H19N7/c1-13-8-16-17-11-23-7-6-19(17)27(20(16)24-10-13)12-18(25-26-22)15-4-2-14(9-21)3-5-15/h2-5,8,10,18,23H,6-7,11-12H2,1H3. The van der Waals surface area contributed by atoms with E-state index in [-0.39, 0.29) is 6.04 Å². The average Bonchev–Trinajstić information content (AvgIpc) is 3.01. The van der Waals surface area contributed by atoms with Gasteiger partial charge in [-0.25, -0.2) is 4.98 Å². The molecule has 27 heavy (non-hydrogen) atoms. The highest BCUT2D eigenvalue weighted by molar-refractivity contribution is 5.83. The Hall–Kier alpha value is -3.33. The van der Waals surface area contributed by atoms with E-state index in [1.54, 1.807) is 12.1 Å². The SMILES string of the molecule is Cc1cnc2c(c1)c1c(n2CC(N=[N+]=[N-])c2ccc(C#N)cc2)CCNC1. The second-order valence-electron chi connectivity index (χ2n) is 6.80. The van der Waals surface area contributed by atoms with Gasteiger partial charge in [-0.15, -0.1) is 0 Å². The number of aryl methyl sites for hydroxylation is 1. The van der Waals surface area contributed by atoms with Crippen LogP contribution in [-0.2, 0) is 19.5 Å². The van der Waals surface area contributed by atoms with Gasteiger partial charge in [-0.2, -0.15) is 5.26 Å². The molecule has 0 saturated heterocycles. The number of rotatable bonds is 4. The first-order chi connectivity index (χ1) is 13.2. The molecule has 1 unspecified atom stereocenters. The molecule has 0 bridgehead atoms. The molecule has 4 rings (SSSR count). The molecular formula is C20H19N7. The maximum absolute atomic E-state index is 9.09. The van der Waals surface area contributed by atoms with Gasteiger partial charge in [-0.1, -0.05) is 17.2 Å². The van der Waals surface area contributed by atoms with E-state index in [1.165, 1.54) is 11.3 Å². The molecule has 0 aliphatic carbocycles. The van der Waals surface area contributed by atoms with Gasteiger partial charge in [0.05, 0.1) is 17.7 Å². The van der Waals surface area contributed by atoms with Gasteiger partial charge in [0.1, 0.15) is 5.65 Å². The van der Waals surface area contributed by atoms with Crippen molar-refractivity contribution in [1.82, 2.24) is 14.9 Å². The molecular weight excluding hydrogens is 338 g/mol. The summed E-state index contributed by atoms with van der Waals surface area (Å²) in [6.07, 6.45) is 2.79. The Kier molecular flexibility index (Phi) is 4.51. The summed E-state index contributed by atoms with van der Waals surface area (Å²) in [5, 5.41) is 17.6. The number of nitrogens with one attached hydrogen (secondary N) is 1. The van der Waals surface area contributed by atoms with E-state index < -0.39 is 0 Å². The summed E-state index contributed by atoms with van der Waals surface area (Å²) in [6, 6.07) is 11.2. The predicted octanol–water partition coefficient (Wildman–Crippen LogP) is 3.91. The summed E-state index contributed by atoms with van der Waals surface area (Å²) in [7, 11) is 0. The van der Waals surface area contributed by atoms with Crippen molar-refractivity contribution in [2.24, 2.45) is 5.11 Å². The molecule has 7 heteroatoms. The van der Waals surface area contributed by atoms with Crippen LogP contribution in [0.5, 0.6) is 0 Å². The van der Waals surface area contributed by atoms with E-state index in [0.717, 1.165) is 41.7 Å². The van der Waals surface area contributed by atoms with Crippen LogP contribution in [0.3, 0.4) is 0 Å². The predicted molar refractivity (Wildman–Crippen MR) is 103 cm³/mol. The second kappa shape index (κ2) is 7.12. The zero-order valence-electron chi connectivity index (χ0n) is 15.1. The molecule has 1 atom stereocenters.